The first-order chi connectivity index (χ1) is 9.09. The van der Waals surface area contributed by atoms with Crippen LogP contribution in [0.2, 0.25) is 5.15 Å². The molecule has 0 amide bonds. The van der Waals surface area contributed by atoms with Gasteiger partial charge in [-0.15, -0.1) is 0 Å². The van der Waals surface area contributed by atoms with Crippen molar-refractivity contribution in [3.05, 3.63) is 46.7 Å². The Morgan fingerprint density at radius 1 is 1.47 bits per heavy atom. The van der Waals surface area contributed by atoms with Crippen LogP contribution in [-0.2, 0) is 0 Å². The van der Waals surface area contributed by atoms with Gasteiger partial charge in [-0.1, -0.05) is 29.8 Å². The average Bonchev–Trinajstić information content (AvgIpc) is 2.67. The third kappa shape index (κ3) is 3.10. The van der Waals surface area contributed by atoms with E-state index in [0.29, 0.717) is 10.7 Å². The Labute approximate surface area is 121 Å². The summed E-state index contributed by atoms with van der Waals surface area (Å²) in [6, 6.07) is 9.71. The summed E-state index contributed by atoms with van der Waals surface area (Å²) in [5.74, 6) is 0. The smallest absolute Gasteiger partial charge is 0.184 e. The molecule has 19 heavy (non-hydrogen) atoms. The second-order valence-electron chi connectivity index (χ2n) is 3.77. The van der Waals surface area contributed by atoms with Crippen LogP contribution < -0.4 is 11.2 Å². The van der Waals surface area contributed by atoms with Crippen LogP contribution in [0.1, 0.15) is 11.3 Å². The number of para-hydroxylation sites is 1. The summed E-state index contributed by atoms with van der Waals surface area (Å²) in [7, 11) is 0. The van der Waals surface area contributed by atoms with E-state index in [1.165, 1.54) is 0 Å². The molecule has 1 aromatic carbocycles. The van der Waals surface area contributed by atoms with Crippen molar-refractivity contribution in [1.82, 2.24) is 15.2 Å². The minimum atomic E-state index is 0.0977. The van der Waals surface area contributed by atoms with Crippen LogP contribution in [-0.4, -0.2) is 21.1 Å². The van der Waals surface area contributed by atoms with Gasteiger partial charge in [0.05, 0.1) is 23.2 Å². The molecule has 1 heterocycles. The number of halogens is 1. The van der Waals surface area contributed by atoms with Gasteiger partial charge in [-0.2, -0.15) is 10.2 Å². The van der Waals surface area contributed by atoms with E-state index in [4.69, 9.17) is 17.3 Å². The van der Waals surface area contributed by atoms with Crippen LogP contribution in [0, 0.1) is 6.92 Å². The minimum Gasteiger partial charge on any atom is -0.375 e. The van der Waals surface area contributed by atoms with Crippen LogP contribution in [0.25, 0.3) is 5.69 Å². The highest BCUT2D eigenvalue weighted by Crippen LogP contribution is 2.20. The lowest BCUT2D eigenvalue weighted by atomic mass is 10.2. The summed E-state index contributed by atoms with van der Waals surface area (Å²) in [5, 5.41) is 8.64. The Hall–Kier alpha value is -1.92. The quantitative estimate of drug-likeness (QED) is 0.516. The van der Waals surface area contributed by atoms with Gasteiger partial charge in [-0.05, 0) is 31.3 Å². The van der Waals surface area contributed by atoms with E-state index in [1.807, 2.05) is 37.3 Å². The summed E-state index contributed by atoms with van der Waals surface area (Å²) in [6.45, 7) is 1.91. The van der Waals surface area contributed by atoms with Gasteiger partial charge in [-0.3, -0.25) is 5.43 Å². The minimum absolute atomic E-state index is 0.0977. The maximum absolute atomic E-state index is 6.10. The number of nitrogens with one attached hydrogen (secondary N) is 1. The Kier molecular flexibility index (Phi) is 4.13. The Bertz CT molecular complexity index is 621. The van der Waals surface area contributed by atoms with Crippen LogP contribution in [0.3, 0.4) is 0 Å². The zero-order valence-corrected chi connectivity index (χ0v) is 11.7. The van der Waals surface area contributed by atoms with Gasteiger partial charge in [0.1, 0.15) is 0 Å². The number of nitrogens with zero attached hydrogens (tertiary/aromatic N) is 3. The molecule has 0 aliphatic heterocycles. The molecule has 0 fully saturated rings. The monoisotopic (exact) mass is 293 g/mol. The van der Waals surface area contributed by atoms with Crippen molar-refractivity contribution in [1.29, 1.82) is 0 Å². The van der Waals surface area contributed by atoms with E-state index >= 15 is 0 Å². The van der Waals surface area contributed by atoms with E-state index in [-0.39, 0.29) is 5.11 Å². The molecule has 0 aliphatic carbocycles. The van der Waals surface area contributed by atoms with Gasteiger partial charge in [0, 0.05) is 0 Å². The second kappa shape index (κ2) is 5.81. The van der Waals surface area contributed by atoms with E-state index in [2.05, 4.69) is 27.8 Å². The van der Waals surface area contributed by atoms with Gasteiger partial charge in [0.15, 0.2) is 10.3 Å². The molecule has 0 saturated heterocycles. The summed E-state index contributed by atoms with van der Waals surface area (Å²) in [6.07, 6.45) is 1.54. The first kappa shape index (κ1) is 13.5. The highest BCUT2D eigenvalue weighted by molar-refractivity contribution is 7.80. The third-order valence-corrected chi connectivity index (χ3v) is 2.86. The predicted molar refractivity (Wildman–Crippen MR) is 80.8 cm³/mol. The van der Waals surface area contributed by atoms with Crippen molar-refractivity contribution in [2.24, 2.45) is 10.8 Å². The SMILES string of the molecule is Cc1c(/C=N/NC(N)=S)c(Cl)nn1-c1ccccc1. The molecular weight excluding hydrogens is 282 g/mol. The first-order valence-corrected chi connectivity index (χ1v) is 6.27. The number of rotatable bonds is 3. The lowest BCUT2D eigenvalue weighted by Gasteiger charge is -2.03. The molecule has 2 rings (SSSR count). The maximum Gasteiger partial charge on any atom is 0.184 e. The molecule has 0 spiro atoms. The number of hydrogen-bond acceptors (Lipinski definition) is 3. The van der Waals surface area contributed by atoms with Crippen molar-refractivity contribution in [3.8, 4) is 5.69 Å². The van der Waals surface area contributed by atoms with E-state index in [0.717, 1.165) is 11.4 Å². The van der Waals surface area contributed by atoms with Crippen LogP contribution >= 0.6 is 23.8 Å². The molecule has 0 bridgehead atoms. The fourth-order valence-corrected chi connectivity index (χ4v) is 1.92. The summed E-state index contributed by atoms with van der Waals surface area (Å²) < 4.78 is 1.75. The Morgan fingerprint density at radius 2 is 2.16 bits per heavy atom. The van der Waals surface area contributed by atoms with Gasteiger partial charge < -0.3 is 5.73 Å². The molecule has 3 N–H and O–H groups in total. The van der Waals surface area contributed by atoms with Crippen LogP contribution in [0.15, 0.2) is 35.4 Å². The van der Waals surface area contributed by atoms with Gasteiger partial charge in [-0.25, -0.2) is 4.68 Å². The zero-order chi connectivity index (χ0) is 13.8. The molecule has 98 valence electrons. The standard InChI is InChI=1S/C12H12ClN5S/c1-8-10(7-15-16-12(14)19)11(13)17-18(8)9-5-3-2-4-6-9/h2-7H,1H3,(H3,14,16,19)/b15-7+. The number of hydrazone groups is 1. The van der Waals surface area contributed by atoms with Crippen molar-refractivity contribution in [2.45, 2.75) is 6.92 Å². The highest BCUT2D eigenvalue weighted by Gasteiger charge is 2.12. The summed E-state index contributed by atoms with van der Waals surface area (Å²) in [5.41, 5.74) is 10.3. The summed E-state index contributed by atoms with van der Waals surface area (Å²) in [4.78, 5) is 0. The summed E-state index contributed by atoms with van der Waals surface area (Å²) >= 11 is 10.8. The molecular formula is C12H12ClN5S. The molecule has 0 saturated carbocycles. The van der Waals surface area contributed by atoms with Crippen molar-refractivity contribution in [3.63, 3.8) is 0 Å². The number of thiocarbonyl (C=S) groups is 1. The number of benzene rings is 1. The molecule has 7 heteroatoms. The number of nitrogens with two attached hydrogens (primary N) is 1. The van der Waals surface area contributed by atoms with Crippen molar-refractivity contribution < 1.29 is 0 Å². The van der Waals surface area contributed by atoms with Crippen molar-refractivity contribution >= 4 is 35.1 Å². The van der Waals surface area contributed by atoms with E-state index < -0.39 is 0 Å². The van der Waals surface area contributed by atoms with Crippen LogP contribution in [0.5, 0.6) is 0 Å². The topological polar surface area (TPSA) is 68.2 Å². The van der Waals surface area contributed by atoms with E-state index in [1.54, 1.807) is 10.9 Å². The van der Waals surface area contributed by atoms with E-state index in [9.17, 15) is 0 Å². The second-order valence-corrected chi connectivity index (χ2v) is 4.57. The normalized spacial score (nSPS) is 10.8. The largest absolute Gasteiger partial charge is 0.375 e. The van der Waals surface area contributed by atoms with Gasteiger partial charge >= 0.3 is 0 Å². The fraction of sp³-hybridized carbons (Fsp3) is 0.0833. The predicted octanol–water partition coefficient (Wildman–Crippen LogP) is 2.00. The Morgan fingerprint density at radius 3 is 2.79 bits per heavy atom. The first-order valence-electron chi connectivity index (χ1n) is 5.48. The number of hydrogen-bond donors (Lipinski definition) is 2. The molecule has 0 aliphatic rings. The average molecular weight is 294 g/mol. The maximum atomic E-state index is 6.10. The fourth-order valence-electron chi connectivity index (χ4n) is 1.61. The van der Waals surface area contributed by atoms with Crippen molar-refractivity contribution in [2.75, 3.05) is 0 Å². The number of aromatic nitrogens is 2. The van der Waals surface area contributed by atoms with Gasteiger partial charge in [0.25, 0.3) is 0 Å². The molecule has 1 aromatic heterocycles. The lowest BCUT2D eigenvalue weighted by molar-refractivity contribution is 0.847. The molecule has 0 radical (unpaired) electrons. The third-order valence-electron chi connectivity index (χ3n) is 2.49. The molecule has 2 aromatic rings. The van der Waals surface area contributed by atoms with Crippen LogP contribution in [0.4, 0.5) is 0 Å². The lowest BCUT2D eigenvalue weighted by Crippen LogP contribution is -2.24. The highest BCUT2D eigenvalue weighted by atomic mass is 35.5. The molecule has 0 atom stereocenters. The molecule has 0 unspecified atom stereocenters. The van der Waals surface area contributed by atoms with Gasteiger partial charge in [0.2, 0.25) is 0 Å². The Balaban J connectivity index is 2.35. The zero-order valence-electron chi connectivity index (χ0n) is 10.2. The molecule has 5 nitrogen and oxygen atoms in total.